The molecule has 0 atom stereocenters. The number of nitrogens with one attached hydrogen (secondary N) is 1. The third-order valence-corrected chi connectivity index (χ3v) is 3.68. The van der Waals surface area contributed by atoms with Gasteiger partial charge in [0.15, 0.2) is 5.75 Å². The summed E-state index contributed by atoms with van der Waals surface area (Å²) in [5.74, 6) is 0.218. The Labute approximate surface area is 139 Å². The van der Waals surface area contributed by atoms with Crippen LogP contribution in [0.5, 0.6) is 5.75 Å². The van der Waals surface area contributed by atoms with Gasteiger partial charge < -0.3 is 10.1 Å². The lowest BCUT2D eigenvalue weighted by Gasteiger charge is -2.13. The number of carbonyl (C=O) groups excluding carboxylic acids is 1. The Balaban J connectivity index is 1.97. The molecule has 5 heteroatoms. The molecule has 0 aliphatic heterocycles. The summed E-state index contributed by atoms with van der Waals surface area (Å²) >= 11 is 6.14. The van der Waals surface area contributed by atoms with Gasteiger partial charge in [0.1, 0.15) is 0 Å². The van der Waals surface area contributed by atoms with Crippen LogP contribution in [0, 0.1) is 0 Å². The Morgan fingerprint density at radius 2 is 1.96 bits per heavy atom. The van der Waals surface area contributed by atoms with Crippen LogP contribution in [-0.2, 0) is 0 Å². The van der Waals surface area contributed by atoms with Gasteiger partial charge in [-0.1, -0.05) is 35.9 Å². The number of halogens is 1. The first-order chi connectivity index (χ1) is 11.2. The van der Waals surface area contributed by atoms with Crippen LogP contribution in [0.15, 0.2) is 54.7 Å². The fraction of sp³-hybridized carbons (Fsp3) is 0.111. The van der Waals surface area contributed by atoms with Gasteiger partial charge in [-0.25, -0.2) is 0 Å². The largest absolute Gasteiger partial charge is 0.490 e. The molecule has 116 valence electrons. The van der Waals surface area contributed by atoms with Crippen LogP contribution in [0.1, 0.15) is 17.3 Å². The second kappa shape index (κ2) is 6.67. The molecule has 0 unspecified atom stereocenters. The number of benzene rings is 2. The Bertz CT molecular complexity index is 859. The van der Waals surface area contributed by atoms with E-state index in [1.165, 1.54) is 0 Å². The fourth-order valence-electron chi connectivity index (χ4n) is 2.38. The Morgan fingerprint density at radius 1 is 1.17 bits per heavy atom. The Hall–Kier alpha value is -2.59. The Kier molecular flexibility index (Phi) is 4.44. The fourth-order valence-corrected chi connectivity index (χ4v) is 2.60. The number of ether oxygens (including phenoxy) is 1. The van der Waals surface area contributed by atoms with Crippen LogP contribution in [0.25, 0.3) is 10.9 Å². The van der Waals surface area contributed by atoms with Crippen LogP contribution in [0.3, 0.4) is 0 Å². The quantitative estimate of drug-likeness (QED) is 0.765. The maximum absolute atomic E-state index is 12.6. The average molecular weight is 327 g/mol. The standard InChI is InChI=1S/C18H15ClN2O2/c1-2-23-17-14(19)9-4-10-15(17)21-18(22)13-8-3-6-12-7-5-11-20-16(12)13/h3-11H,2H2,1H3,(H,21,22). The number of anilines is 1. The molecule has 0 saturated heterocycles. The van der Waals surface area contributed by atoms with Crippen LogP contribution >= 0.6 is 11.6 Å². The van der Waals surface area contributed by atoms with Crippen LogP contribution < -0.4 is 10.1 Å². The van der Waals surface area contributed by atoms with Gasteiger partial charge in [-0.2, -0.15) is 0 Å². The number of aromatic nitrogens is 1. The summed E-state index contributed by atoms with van der Waals surface area (Å²) in [5.41, 5.74) is 1.70. The monoisotopic (exact) mass is 326 g/mol. The van der Waals surface area contributed by atoms with E-state index in [0.29, 0.717) is 34.1 Å². The minimum atomic E-state index is -0.252. The second-order valence-electron chi connectivity index (χ2n) is 4.88. The first-order valence-corrected chi connectivity index (χ1v) is 7.65. The van der Waals surface area contributed by atoms with Crippen molar-refractivity contribution < 1.29 is 9.53 Å². The van der Waals surface area contributed by atoms with Crippen molar-refractivity contribution in [2.75, 3.05) is 11.9 Å². The van der Waals surface area contributed by atoms with Crippen molar-refractivity contribution in [1.82, 2.24) is 4.98 Å². The maximum Gasteiger partial charge on any atom is 0.257 e. The molecule has 0 fully saturated rings. The molecule has 1 amide bonds. The SMILES string of the molecule is CCOc1c(Cl)cccc1NC(=O)c1cccc2cccnc12. The van der Waals surface area contributed by atoms with Gasteiger partial charge in [-0.15, -0.1) is 0 Å². The average Bonchev–Trinajstić information content (AvgIpc) is 2.57. The van der Waals surface area contributed by atoms with E-state index < -0.39 is 0 Å². The van der Waals surface area contributed by atoms with Crippen molar-refractivity contribution in [3.05, 3.63) is 65.3 Å². The summed E-state index contributed by atoms with van der Waals surface area (Å²) in [4.78, 5) is 16.9. The zero-order chi connectivity index (χ0) is 16.2. The van der Waals surface area contributed by atoms with E-state index in [1.54, 1.807) is 30.5 Å². The lowest BCUT2D eigenvalue weighted by molar-refractivity contribution is 0.102. The maximum atomic E-state index is 12.6. The molecule has 0 spiro atoms. The molecule has 4 nitrogen and oxygen atoms in total. The minimum absolute atomic E-state index is 0.252. The lowest BCUT2D eigenvalue weighted by Crippen LogP contribution is -2.14. The molecule has 0 aliphatic carbocycles. The number of nitrogens with zero attached hydrogens (tertiary/aromatic N) is 1. The molecule has 1 N–H and O–H groups in total. The van der Waals surface area contributed by atoms with Gasteiger partial charge >= 0.3 is 0 Å². The molecule has 3 rings (SSSR count). The summed E-state index contributed by atoms with van der Waals surface area (Å²) in [7, 11) is 0. The normalized spacial score (nSPS) is 10.5. The van der Waals surface area contributed by atoms with Crippen molar-refractivity contribution in [3.8, 4) is 5.75 Å². The summed E-state index contributed by atoms with van der Waals surface area (Å²) in [5, 5.41) is 4.23. The molecule has 0 bridgehead atoms. The predicted molar refractivity (Wildman–Crippen MR) is 92.3 cm³/mol. The summed E-state index contributed by atoms with van der Waals surface area (Å²) < 4.78 is 5.53. The highest BCUT2D eigenvalue weighted by Crippen LogP contribution is 2.33. The van der Waals surface area contributed by atoms with Gasteiger partial charge in [0.05, 0.1) is 28.4 Å². The van der Waals surface area contributed by atoms with Gasteiger partial charge in [0.25, 0.3) is 5.91 Å². The summed E-state index contributed by atoms with van der Waals surface area (Å²) in [6.07, 6.45) is 1.67. The Morgan fingerprint density at radius 3 is 2.78 bits per heavy atom. The van der Waals surface area contributed by atoms with E-state index in [9.17, 15) is 4.79 Å². The molecular weight excluding hydrogens is 312 g/mol. The first kappa shape index (κ1) is 15.3. The van der Waals surface area contributed by atoms with Crippen molar-refractivity contribution >= 4 is 34.1 Å². The highest BCUT2D eigenvalue weighted by Gasteiger charge is 2.15. The van der Waals surface area contributed by atoms with Crippen LogP contribution in [0.2, 0.25) is 5.02 Å². The molecule has 0 aliphatic rings. The first-order valence-electron chi connectivity index (χ1n) is 7.27. The van der Waals surface area contributed by atoms with Crippen molar-refractivity contribution in [2.45, 2.75) is 6.92 Å². The molecule has 3 aromatic rings. The van der Waals surface area contributed by atoms with Gasteiger partial charge in [0, 0.05) is 11.6 Å². The predicted octanol–water partition coefficient (Wildman–Crippen LogP) is 4.54. The van der Waals surface area contributed by atoms with Gasteiger partial charge in [-0.05, 0) is 31.2 Å². The number of fused-ring (bicyclic) bond motifs is 1. The number of pyridine rings is 1. The van der Waals surface area contributed by atoms with E-state index in [0.717, 1.165) is 5.39 Å². The molecule has 0 saturated carbocycles. The van der Waals surface area contributed by atoms with Crippen molar-refractivity contribution in [2.24, 2.45) is 0 Å². The molecule has 2 aromatic carbocycles. The molecule has 1 heterocycles. The highest BCUT2D eigenvalue weighted by atomic mass is 35.5. The van der Waals surface area contributed by atoms with Gasteiger partial charge in [0.2, 0.25) is 0 Å². The van der Waals surface area contributed by atoms with Crippen molar-refractivity contribution in [3.63, 3.8) is 0 Å². The third-order valence-electron chi connectivity index (χ3n) is 3.38. The number of hydrogen-bond donors (Lipinski definition) is 1. The highest BCUT2D eigenvalue weighted by molar-refractivity contribution is 6.32. The number of amides is 1. The zero-order valence-corrected chi connectivity index (χ0v) is 13.3. The molecular formula is C18H15ClN2O2. The van der Waals surface area contributed by atoms with Crippen LogP contribution in [0.4, 0.5) is 5.69 Å². The van der Waals surface area contributed by atoms with E-state index in [2.05, 4.69) is 10.3 Å². The molecule has 23 heavy (non-hydrogen) atoms. The van der Waals surface area contributed by atoms with Crippen molar-refractivity contribution in [1.29, 1.82) is 0 Å². The van der Waals surface area contributed by atoms with E-state index >= 15 is 0 Å². The molecule has 0 radical (unpaired) electrons. The van der Waals surface area contributed by atoms with E-state index in [-0.39, 0.29) is 5.91 Å². The van der Waals surface area contributed by atoms with Crippen LogP contribution in [-0.4, -0.2) is 17.5 Å². The second-order valence-corrected chi connectivity index (χ2v) is 5.29. The topological polar surface area (TPSA) is 51.2 Å². The summed E-state index contributed by atoms with van der Waals surface area (Å²) in [6.45, 7) is 2.33. The van der Waals surface area contributed by atoms with E-state index in [1.807, 2.05) is 31.2 Å². The molecule has 1 aromatic heterocycles. The number of carbonyl (C=O) groups is 1. The smallest absolute Gasteiger partial charge is 0.257 e. The zero-order valence-electron chi connectivity index (χ0n) is 12.5. The minimum Gasteiger partial charge on any atom is -0.490 e. The third kappa shape index (κ3) is 3.12. The number of rotatable bonds is 4. The number of hydrogen-bond acceptors (Lipinski definition) is 3. The lowest BCUT2D eigenvalue weighted by atomic mass is 10.1. The summed E-state index contributed by atoms with van der Waals surface area (Å²) in [6, 6.07) is 14.5. The number of para-hydroxylation sites is 2. The van der Waals surface area contributed by atoms with E-state index in [4.69, 9.17) is 16.3 Å². The van der Waals surface area contributed by atoms with Gasteiger partial charge in [-0.3, -0.25) is 9.78 Å².